The first-order chi connectivity index (χ1) is 14.6. The maximum absolute atomic E-state index is 13.9. The number of methoxy groups -OCH3 is 1. The van der Waals surface area contributed by atoms with E-state index in [-0.39, 0.29) is 11.5 Å². The number of aromatic nitrogens is 1. The fourth-order valence-corrected chi connectivity index (χ4v) is 6.62. The van der Waals surface area contributed by atoms with Crippen LogP contribution in [0.3, 0.4) is 0 Å². The van der Waals surface area contributed by atoms with Crippen LogP contribution in [-0.2, 0) is 27.2 Å². The molecule has 1 amide bonds. The number of carbonyl (C=O) groups excluding carboxylic acids is 1. The van der Waals surface area contributed by atoms with E-state index >= 15 is 0 Å². The Hall–Kier alpha value is -1.21. The lowest BCUT2D eigenvalue weighted by atomic mass is 9.78. The molecule has 0 bridgehead atoms. The number of rotatable bonds is 4. The molecule has 2 aliphatic heterocycles. The third kappa shape index (κ3) is 3.66. The number of ether oxygens (including phenoxy) is 2. The van der Waals surface area contributed by atoms with Crippen molar-refractivity contribution in [2.75, 3.05) is 26.9 Å². The van der Waals surface area contributed by atoms with Crippen LogP contribution in [-0.4, -0.2) is 60.8 Å². The number of carbonyl (C=O) groups is 1. The van der Waals surface area contributed by atoms with E-state index in [1.54, 1.807) is 13.3 Å². The molecule has 1 saturated heterocycles. The van der Waals surface area contributed by atoms with Gasteiger partial charge in [-0.1, -0.05) is 18.0 Å². The Kier molecular flexibility index (Phi) is 5.78. The van der Waals surface area contributed by atoms with Gasteiger partial charge in [0.05, 0.1) is 23.1 Å². The van der Waals surface area contributed by atoms with Crippen molar-refractivity contribution in [1.29, 1.82) is 0 Å². The molecular formula is C23H32ClN3O3. The van der Waals surface area contributed by atoms with Crippen molar-refractivity contribution in [3.63, 3.8) is 0 Å². The number of pyridine rings is 1. The lowest BCUT2D eigenvalue weighted by Gasteiger charge is -2.37. The zero-order valence-corrected chi connectivity index (χ0v) is 18.5. The van der Waals surface area contributed by atoms with Gasteiger partial charge >= 0.3 is 0 Å². The van der Waals surface area contributed by atoms with Gasteiger partial charge < -0.3 is 19.7 Å². The molecule has 5 atom stereocenters. The quantitative estimate of drug-likeness (QED) is 0.790. The zero-order chi connectivity index (χ0) is 20.7. The lowest BCUT2D eigenvalue weighted by Crippen LogP contribution is -2.51. The monoisotopic (exact) mass is 433 g/mol. The SMILES string of the molecule is COC1COCCC1N[C@@H]1C[C@H]2CCC[C@@]2(C(=O)N2CCc3ncc(Cl)cc3C2)C1. The van der Waals surface area contributed by atoms with Gasteiger partial charge in [0, 0.05) is 57.2 Å². The number of nitrogens with one attached hydrogen (secondary N) is 1. The standard InChI is InChI=1S/C23H32ClN3O3/c1-29-21-14-30-8-5-20(21)26-18-10-16-3-2-6-23(16,11-18)22(28)27-7-4-19-15(13-27)9-17(24)12-25-19/h9,12,16,18,20-21,26H,2-8,10-11,13-14H2,1H3/t16-,18-,20?,21?,23-/m1/s1. The van der Waals surface area contributed by atoms with Crippen LogP contribution in [0.1, 0.15) is 49.8 Å². The molecule has 2 saturated carbocycles. The van der Waals surface area contributed by atoms with E-state index in [4.69, 9.17) is 21.1 Å². The molecule has 3 heterocycles. The van der Waals surface area contributed by atoms with Crippen molar-refractivity contribution in [2.24, 2.45) is 11.3 Å². The third-order valence-electron chi connectivity index (χ3n) is 7.91. The molecule has 2 aliphatic carbocycles. The molecule has 2 unspecified atom stereocenters. The van der Waals surface area contributed by atoms with E-state index in [2.05, 4.69) is 15.2 Å². The zero-order valence-electron chi connectivity index (χ0n) is 17.7. The summed E-state index contributed by atoms with van der Waals surface area (Å²) in [5.41, 5.74) is 1.99. The summed E-state index contributed by atoms with van der Waals surface area (Å²) in [5, 5.41) is 4.50. The van der Waals surface area contributed by atoms with Gasteiger partial charge in [-0.15, -0.1) is 0 Å². The van der Waals surface area contributed by atoms with Gasteiger partial charge in [0.25, 0.3) is 0 Å². The molecule has 1 aromatic rings. The van der Waals surface area contributed by atoms with Crippen LogP contribution in [0.5, 0.6) is 0 Å². The smallest absolute Gasteiger partial charge is 0.229 e. The number of halogens is 1. The van der Waals surface area contributed by atoms with Gasteiger partial charge in [0.15, 0.2) is 0 Å². The molecule has 164 valence electrons. The number of nitrogens with zero attached hydrogens (tertiary/aromatic N) is 2. The summed E-state index contributed by atoms with van der Waals surface area (Å²) in [4.78, 5) is 20.4. The van der Waals surface area contributed by atoms with Gasteiger partial charge in [0.1, 0.15) is 0 Å². The van der Waals surface area contributed by atoms with Crippen molar-refractivity contribution >= 4 is 17.5 Å². The minimum atomic E-state index is -0.199. The van der Waals surface area contributed by atoms with E-state index < -0.39 is 0 Å². The van der Waals surface area contributed by atoms with E-state index in [0.29, 0.717) is 42.1 Å². The van der Waals surface area contributed by atoms with Crippen molar-refractivity contribution < 1.29 is 14.3 Å². The average Bonchev–Trinajstić information content (AvgIpc) is 3.31. The molecular weight excluding hydrogens is 402 g/mol. The second-order valence-electron chi connectivity index (χ2n) is 9.53. The Morgan fingerprint density at radius 1 is 1.43 bits per heavy atom. The van der Waals surface area contributed by atoms with Crippen molar-refractivity contribution in [1.82, 2.24) is 15.2 Å². The van der Waals surface area contributed by atoms with Gasteiger partial charge in [-0.3, -0.25) is 9.78 Å². The van der Waals surface area contributed by atoms with Crippen LogP contribution in [0.25, 0.3) is 0 Å². The molecule has 0 radical (unpaired) electrons. The minimum absolute atomic E-state index is 0.0988. The van der Waals surface area contributed by atoms with Gasteiger partial charge in [-0.25, -0.2) is 0 Å². The fraction of sp³-hybridized carbons (Fsp3) is 0.739. The van der Waals surface area contributed by atoms with E-state index in [0.717, 1.165) is 56.5 Å². The van der Waals surface area contributed by atoms with Crippen LogP contribution >= 0.6 is 11.6 Å². The summed E-state index contributed by atoms with van der Waals surface area (Å²) in [7, 11) is 1.76. The highest BCUT2D eigenvalue weighted by Crippen LogP contribution is 2.55. The highest BCUT2D eigenvalue weighted by Gasteiger charge is 2.56. The number of hydrogen-bond acceptors (Lipinski definition) is 5. The predicted molar refractivity (Wildman–Crippen MR) is 114 cm³/mol. The molecule has 6 nitrogen and oxygen atoms in total. The summed E-state index contributed by atoms with van der Waals surface area (Å²) in [6.07, 6.45) is 8.99. The largest absolute Gasteiger partial charge is 0.379 e. The number of amides is 1. The molecule has 30 heavy (non-hydrogen) atoms. The first kappa shape index (κ1) is 20.7. The Labute approximate surface area is 183 Å². The topological polar surface area (TPSA) is 63.7 Å². The molecule has 7 heteroatoms. The van der Waals surface area contributed by atoms with E-state index in [1.165, 1.54) is 12.8 Å². The van der Waals surface area contributed by atoms with Crippen LogP contribution in [0.4, 0.5) is 0 Å². The second-order valence-corrected chi connectivity index (χ2v) is 9.97. The van der Waals surface area contributed by atoms with Gasteiger partial charge in [-0.2, -0.15) is 0 Å². The summed E-state index contributed by atoms with van der Waals surface area (Å²) in [5.74, 6) is 0.845. The summed E-state index contributed by atoms with van der Waals surface area (Å²) < 4.78 is 11.2. The van der Waals surface area contributed by atoms with E-state index in [1.807, 2.05) is 6.07 Å². The average molecular weight is 434 g/mol. The van der Waals surface area contributed by atoms with Crippen molar-refractivity contribution in [3.8, 4) is 0 Å². The predicted octanol–water partition coefficient (Wildman–Crippen LogP) is 2.96. The maximum Gasteiger partial charge on any atom is 0.229 e. The maximum atomic E-state index is 13.9. The first-order valence-electron chi connectivity index (χ1n) is 11.4. The minimum Gasteiger partial charge on any atom is -0.379 e. The summed E-state index contributed by atoms with van der Waals surface area (Å²) in [6, 6.07) is 2.67. The Morgan fingerprint density at radius 2 is 2.33 bits per heavy atom. The Morgan fingerprint density at radius 3 is 3.20 bits per heavy atom. The number of fused-ring (bicyclic) bond motifs is 2. The summed E-state index contributed by atoms with van der Waals surface area (Å²) in [6.45, 7) is 2.83. The molecule has 0 spiro atoms. The molecule has 1 aromatic heterocycles. The molecule has 3 fully saturated rings. The second kappa shape index (κ2) is 8.38. The molecule has 1 N–H and O–H groups in total. The van der Waals surface area contributed by atoms with E-state index in [9.17, 15) is 4.79 Å². The molecule has 4 aliphatic rings. The third-order valence-corrected chi connectivity index (χ3v) is 8.12. The van der Waals surface area contributed by atoms with Gasteiger partial charge in [0.2, 0.25) is 5.91 Å². The van der Waals surface area contributed by atoms with Crippen LogP contribution in [0.15, 0.2) is 12.3 Å². The lowest BCUT2D eigenvalue weighted by molar-refractivity contribution is -0.144. The van der Waals surface area contributed by atoms with Crippen molar-refractivity contribution in [3.05, 3.63) is 28.5 Å². The highest BCUT2D eigenvalue weighted by atomic mass is 35.5. The van der Waals surface area contributed by atoms with Crippen LogP contribution in [0.2, 0.25) is 5.02 Å². The normalized spacial score (nSPS) is 35.9. The first-order valence-corrected chi connectivity index (χ1v) is 11.8. The van der Waals surface area contributed by atoms with Crippen LogP contribution < -0.4 is 5.32 Å². The highest BCUT2D eigenvalue weighted by molar-refractivity contribution is 6.30. The Bertz CT molecular complexity index is 806. The summed E-state index contributed by atoms with van der Waals surface area (Å²) >= 11 is 6.16. The fourth-order valence-electron chi connectivity index (χ4n) is 6.44. The van der Waals surface area contributed by atoms with Crippen LogP contribution in [0, 0.1) is 11.3 Å². The molecule has 0 aromatic carbocycles. The molecule has 5 rings (SSSR count). The Balaban J connectivity index is 1.30. The van der Waals surface area contributed by atoms with Gasteiger partial charge in [-0.05, 0) is 49.7 Å². The van der Waals surface area contributed by atoms with Crippen molar-refractivity contribution in [2.45, 2.75) is 69.7 Å². The number of hydrogen-bond donors (Lipinski definition) is 1.